The quantitative estimate of drug-likeness (QED) is 0.352. The molecule has 2 amide bonds. The number of sulfonamides is 1. The number of anilines is 1. The second kappa shape index (κ2) is 12.4. The second-order valence-corrected chi connectivity index (χ2v) is 13.1. The van der Waals surface area contributed by atoms with E-state index in [1.165, 1.54) is 47.4 Å². The highest BCUT2D eigenvalue weighted by molar-refractivity contribution is 7.92. The molecule has 0 aromatic heterocycles. The average Bonchev–Trinajstić information content (AvgIpc) is 2.87. The molecular formula is C30H35ClFN3O4S. The lowest BCUT2D eigenvalue weighted by Gasteiger charge is -2.33. The lowest BCUT2D eigenvalue weighted by atomic mass is 10.1. The Morgan fingerprint density at radius 1 is 0.975 bits per heavy atom. The van der Waals surface area contributed by atoms with E-state index in [0.717, 1.165) is 15.4 Å². The van der Waals surface area contributed by atoms with E-state index in [0.29, 0.717) is 10.6 Å². The van der Waals surface area contributed by atoms with E-state index in [-0.39, 0.29) is 17.1 Å². The fourth-order valence-corrected chi connectivity index (χ4v) is 5.53. The molecule has 10 heteroatoms. The number of rotatable bonds is 9. The largest absolute Gasteiger partial charge is 0.350 e. The second-order valence-electron chi connectivity index (χ2n) is 10.8. The molecule has 3 aromatic carbocycles. The minimum absolute atomic E-state index is 0.00575. The van der Waals surface area contributed by atoms with Gasteiger partial charge in [-0.15, -0.1) is 0 Å². The highest BCUT2D eigenvalue weighted by Gasteiger charge is 2.33. The molecule has 7 nitrogen and oxygen atoms in total. The number of benzene rings is 3. The van der Waals surface area contributed by atoms with Crippen molar-refractivity contribution in [3.63, 3.8) is 0 Å². The normalized spacial score (nSPS) is 12.5. The van der Waals surface area contributed by atoms with Crippen LogP contribution in [0.3, 0.4) is 0 Å². The van der Waals surface area contributed by atoms with Gasteiger partial charge in [0.25, 0.3) is 10.0 Å². The first-order valence-electron chi connectivity index (χ1n) is 12.8. The van der Waals surface area contributed by atoms with Gasteiger partial charge in [-0.1, -0.05) is 47.5 Å². The monoisotopic (exact) mass is 587 g/mol. The van der Waals surface area contributed by atoms with Gasteiger partial charge in [0, 0.05) is 17.1 Å². The molecule has 0 aliphatic rings. The van der Waals surface area contributed by atoms with Gasteiger partial charge in [0.15, 0.2) is 0 Å². The Labute approximate surface area is 241 Å². The van der Waals surface area contributed by atoms with Crippen molar-refractivity contribution >= 4 is 39.1 Å². The minimum atomic E-state index is -4.21. The first kappa shape index (κ1) is 31.1. The van der Waals surface area contributed by atoms with Gasteiger partial charge in [0.05, 0.1) is 10.6 Å². The average molecular weight is 588 g/mol. The first-order valence-corrected chi connectivity index (χ1v) is 14.6. The van der Waals surface area contributed by atoms with Gasteiger partial charge in [-0.3, -0.25) is 13.9 Å². The number of amides is 2. The van der Waals surface area contributed by atoms with E-state index in [1.54, 1.807) is 38.1 Å². The summed E-state index contributed by atoms with van der Waals surface area (Å²) in [6, 6.07) is 15.7. The molecule has 0 fully saturated rings. The van der Waals surface area contributed by atoms with Crippen molar-refractivity contribution in [2.75, 3.05) is 10.8 Å². The van der Waals surface area contributed by atoms with Crippen molar-refractivity contribution in [2.45, 2.75) is 64.6 Å². The van der Waals surface area contributed by atoms with Crippen molar-refractivity contribution in [1.29, 1.82) is 0 Å². The topological polar surface area (TPSA) is 86.8 Å². The number of nitrogens with zero attached hydrogens (tertiary/aromatic N) is 2. The molecular weight excluding hydrogens is 553 g/mol. The van der Waals surface area contributed by atoms with E-state index in [4.69, 9.17) is 11.6 Å². The summed E-state index contributed by atoms with van der Waals surface area (Å²) in [6.07, 6.45) is 0. The van der Waals surface area contributed by atoms with Crippen LogP contribution in [0.15, 0.2) is 71.6 Å². The Morgan fingerprint density at radius 2 is 1.57 bits per heavy atom. The van der Waals surface area contributed by atoms with Crippen molar-refractivity contribution < 1.29 is 22.4 Å². The molecule has 214 valence electrons. The summed E-state index contributed by atoms with van der Waals surface area (Å²) < 4.78 is 42.3. The van der Waals surface area contributed by atoms with E-state index >= 15 is 0 Å². The van der Waals surface area contributed by atoms with Gasteiger partial charge in [-0.05, 0) is 89.1 Å². The van der Waals surface area contributed by atoms with Crippen LogP contribution in [-0.2, 0) is 26.2 Å². The minimum Gasteiger partial charge on any atom is -0.350 e. The Hall–Kier alpha value is -3.43. The summed E-state index contributed by atoms with van der Waals surface area (Å²) in [5, 5.41) is 3.21. The molecule has 0 aliphatic heterocycles. The molecule has 0 radical (unpaired) electrons. The number of halogens is 2. The number of carbonyl (C=O) groups excluding carboxylic acids is 2. The Bertz CT molecular complexity index is 1470. The first-order chi connectivity index (χ1) is 18.6. The number of carbonyl (C=O) groups is 2. The van der Waals surface area contributed by atoms with Gasteiger partial charge in [0.2, 0.25) is 11.8 Å². The lowest BCUT2D eigenvalue weighted by Crippen LogP contribution is -2.54. The van der Waals surface area contributed by atoms with E-state index in [1.807, 2.05) is 27.7 Å². The van der Waals surface area contributed by atoms with Crippen LogP contribution >= 0.6 is 11.6 Å². The fraction of sp³-hybridized carbons (Fsp3) is 0.333. The predicted molar refractivity (Wildman–Crippen MR) is 156 cm³/mol. The van der Waals surface area contributed by atoms with Crippen LogP contribution in [0.2, 0.25) is 5.02 Å². The van der Waals surface area contributed by atoms with Crippen molar-refractivity contribution in [3.8, 4) is 0 Å². The standard InChI is InChI=1S/C30H35ClFN3O4S/c1-20-7-15-26(16-8-20)40(38,39)35(25-14-9-21(2)27(31)17-25)19-28(36)34(18-23-10-12-24(32)13-11-23)22(3)29(37)33-30(4,5)6/h7-17,22H,18-19H2,1-6H3,(H,33,37)/t22-/m1/s1. The Balaban J connectivity index is 2.06. The zero-order chi connectivity index (χ0) is 29.8. The maximum absolute atomic E-state index is 13.9. The molecule has 0 unspecified atom stereocenters. The molecule has 3 rings (SSSR count). The lowest BCUT2D eigenvalue weighted by molar-refractivity contribution is -0.140. The molecule has 0 spiro atoms. The van der Waals surface area contributed by atoms with Gasteiger partial charge in [-0.25, -0.2) is 12.8 Å². The third kappa shape index (κ3) is 7.82. The molecule has 0 heterocycles. The maximum atomic E-state index is 13.9. The van der Waals surface area contributed by atoms with Crippen molar-refractivity contribution in [2.24, 2.45) is 0 Å². The number of aryl methyl sites for hydroxylation is 2. The number of hydrogen-bond acceptors (Lipinski definition) is 4. The molecule has 1 atom stereocenters. The molecule has 0 saturated carbocycles. The fourth-order valence-electron chi connectivity index (χ4n) is 3.95. The molecule has 1 N–H and O–H groups in total. The Morgan fingerprint density at radius 3 is 2.12 bits per heavy atom. The number of nitrogens with one attached hydrogen (secondary N) is 1. The van der Waals surface area contributed by atoms with Crippen LogP contribution in [0.5, 0.6) is 0 Å². The van der Waals surface area contributed by atoms with Crippen LogP contribution in [0.4, 0.5) is 10.1 Å². The maximum Gasteiger partial charge on any atom is 0.264 e. The zero-order valence-electron chi connectivity index (χ0n) is 23.5. The van der Waals surface area contributed by atoms with Crippen molar-refractivity contribution in [3.05, 3.63) is 94.3 Å². The molecule has 3 aromatic rings. The van der Waals surface area contributed by atoms with Gasteiger partial charge in [0.1, 0.15) is 18.4 Å². The van der Waals surface area contributed by atoms with Crippen LogP contribution in [0.25, 0.3) is 0 Å². The third-order valence-corrected chi connectivity index (χ3v) is 8.46. The summed E-state index contributed by atoms with van der Waals surface area (Å²) in [6.45, 7) is 10.0. The highest BCUT2D eigenvalue weighted by atomic mass is 35.5. The molecule has 0 aliphatic carbocycles. The third-order valence-electron chi connectivity index (χ3n) is 6.26. The van der Waals surface area contributed by atoms with Crippen molar-refractivity contribution in [1.82, 2.24) is 10.2 Å². The van der Waals surface area contributed by atoms with Crippen LogP contribution in [0.1, 0.15) is 44.4 Å². The predicted octanol–water partition coefficient (Wildman–Crippen LogP) is 5.62. The van der Waals surface area contributed by atoms with Crippen LogP contribution in [-0.4, -0.2) is 43.3 Å². The van der Waals surface area contributed by atoms with Gasteiger partial charge in [-0.2, -0.15) is 0 Å². The molecule has 40 heavy (non-hydrogen) atoms. The summed E-state index contributed by atoms with van der Waals surface area (Å²) >= 11 is 6.35. The van der Waals surface area contributed by atoms with E-state index in [9.17, 15) is 22.4 Å². The smallest absolute Gasteiger partial charge is 0.264 e. The summed E-state index contributed by atoms with van der Waals surface area (Å²) in [5.41, 5.74) is 1.85. The Kier molecular flexibility index (Phi) is 9.64. The molecule has 0 saturated heterocycles. The zero-order valence-corrected chi connectivity index (χ0v) is 25.1. The van der Waals surface area contributed by atoms with Crippen LogP contribution < -0.4 is 9.62 Å². The number of hydrogen-bond donors (Lipinski definition) is 1. The van der Waals surface area contributed by atoms with Gasteiger partial charge < -0.3 is 10.2 Å². The summed E-state index contributed by atoms with van der Waals surface area (Å²) in [5.74, 6) is -1.46. The summed E-state index contributed by atoms with van der Waals surface area (Å²) in [7, 11) is -4.21. The molecule has 0 bridgehead atoms. The highest BCUT2D eigenvalue weighted by Crippen LogP contribution is 2.29. The SMILES string of the molecule is Cc1ccc(S(=O)(=O)N(CC(=O)N(Cc2ccc(F)cc2)[C@H](C)C(=O)NC(C)(C)C)c2ccc(C)c(Cl)c2)cc1. The summed E-state index contributed by atoms with van der Waals surface area (Å²) in [4.78, 5) is 28.3. The van der Waals surface area contributed by atoms with Crippen LogP contribution in [0, 0.1) is 19.7 Å². The van der Waals surface area contributed by atoms with Gasteiger partial charge >= 0.3 is 0 Å². The van der Waals surface area contributed by atoms with E-state index in [2.05, 4.69) is 5.32 Å². The van der Waals surface area contributed by atoms with E-state index < -0.39 is 45.8 Å².